The molecule has 0 spiro atoms. The molecule has 0 fully saturated rings. The van der Waals surface area contributed by atoms with Crippen molar-refractivity contribution in [2.75, 3.05) is 13.7 Å². The maximum atomic E-state index is 12.3. The van der Waals surface area contributed by atoms with Gasteiger partial charge in [0.1, 0.15) is 13.7 Å². The highest BCUT2D eigenvalue weighted by molar-refractivity contribution is 6.83. The van der Waals surface area contributed by atoms with Crippen LogP contribution in [-0.2, 0) is 14.3 Å². The number of carbonyl (C=O) groups is 2. The van der Waals surface area contributed by atoms with Crippen molar-refractivity contribution in [3.63, 3.8) is 0 Å². The van der Waals surface area contributed by atoms with E-state index in [0.29, 0.717) is 0 Å². The van der Waals surface area contributed by atoms with Crippen LogP contribution in [0.15, 0.2) is 11.6 Å². The van der Waals surface area contributed by atoms with Crippen LogP contribution in [-0.4, -0.2) is 50.3 Å². The van der Waals surface area contributed by atoms with Crippen LogP contribution in [0.3, 0.4) is 0 Å². The van der Waals surface area contributed by atoms with Gasteiger partial charge in [0, 0.05) is 5.57 Å². The molecule has 5 nitrogen and oxygen atoms in total. The number of esters is 1. The lowest BCUT2D eigenvalue weighted by Gasteiger charge is -2.27. The van der Waals surface area contributed by atoms with Crippen molar-refractivity contribution < 1.29 is 19.1 Å². The molecular weight excluding hydrogens is 298 g/mol. The first-order valence-electron chi connectivity index (χ1n) is 7.24. The van der Waals surface area contributed by atoms with E-state index in [0.717, 1.165) is 5.57 Å². The standard InChI is InChI=1S/C16H25NO4Si/c1-16(2,3)21-15(19)17-11-12(8-9-22(5,6)7)10-13(17)14(18)20-4/h10,13H,11H2,1-7H3. The quantitative estimate of drug-likeness (QED) is 0.423. The zero-order valence-electron chi connectivity index (χ0n) is 14.4. The lowest BCUT2D eigenvalue weighted by atomic mass is 10.2. The second-order valence-corrected chi connectivity index (χ2v) is 12.0. The summed E-state index contributed by atoms with van der Waals surface area (Å²) < 4.78 is 10.1. The molecule has 0 bridgehead atoms. The minimum absolute atomic E-state index is 0.270. The normalized spacial score (nSPS) is 18.2. The number of nitrogens with zero attached hydrogens (tertiary/aromatic N) is 1. The summed E-state index contributed by atoms with van der Waals surface area (Å²) in [5.74, 6) is 2.60. The molecule has 0 aliphatic carbocycles. The van der Waals surface area contributed by atoms with E-state index >= 15 is 0 Å². The molecule has 1 amide bonds. The minimum Gasteiger partial charge on any atom is -0.467 e. The van der Waals surface area contributed by atoms with E-state index in [1.807, 2.05) is 0 Å². The first kappa shape index (κ1) is 18.3. The average molecular weight is 323 g/mol. The summed E-state index contributed by atoms with van der Waals surface area (Å²) >= 11 is 0. The van der Waals surface area contributed by atoms with Gasteiger partial charge in [-0.05, 0) is 26.8 Å². The van der Waals surface area contributed by atoms with Gasteiger partial charge in [-0.1, -0.05) is 25.6 Å². The summed E-state index contributed by atoms with van der Waals surface area (Å²) in [6, 6.07) is -0.772. The first-order chi connectivity index (χ1) is 9.93. The molecule has 0 N–H and O–H groups in total. The fraction of sp³-hybridized carbons (Fsp3) is 0.625. The molecular formula is C16H25NO4Si. The predicted molar refractivity (Wildman–Crippen MR) is 87.9 cm³/mol. The molecule has 0 radical (unpaired) electrons. The van der Waals surface area contributed by atoms with Crippen LogP contribution < -0.4 is 0 Å². The van der Waals surface area contributed by atoms with Gasteiger partial charge in [0.15, 0.2) is 6.04 Å². The number of rotatable bonds is 1. The Morgan fingerprint density at radius 3 is 2.36 bits per heavy atom. The number of methoxy groups -OCH3 is 1. The van der Waals surface area contributed by atoms with Gasteiger partial charge in [-0.15, -0.1) is 5.54 Å². The SMILES string of the molecule is COC(=O)C1C=C(C#C[Si](C)(C)C)CN1C(=O)OC(C)(C)C. The summed E-state index contributed by atoms with van der Waals surface area (Å²) in [4.78, 5) is 25.5. The highest BCUT2D eigenvalue weighted by Gasteiger charge is 2.37. The van der Waals surface area contributed by atoms with E-state index in [4.69, 9.17) is 9.47 Å². The Labute approximate surface area is 133 Å². The van der Waals surface area contributed by atoms with Crippen LogP contribution in [0.4, 0.5) is 4.79 Å². The van der Waals surface area contributed by atoms with Crippen molar-refractivity contribution >= 4 is 20.1 Å². The van der Waals surface area contributed by atoms with E-state index in [1.165, 1.54) is 12.0 Å². The molecule has 122 valence electrons. The van der Waals surface area contributed by atoms with Gasteiger partial charge in [0.2, 0.25) is 0 Å². The monoisotopic (exact) mass is 323 g/mol. The van der Waals surface area contributed by atoms with Crippen molar-refractivity contribution in [2.24, 2.45) is 0 Å². The zero-order chi connectivity index (χ0) is 17.1. The van der Waals surface area contributed by atoms with Gasteiger partial charge in [-0.25, -0.2) is 9.59 Å². The predicted octanol–water partition coefficient (Wildman–Crippen LogP) is 2.59. The molecule has 0 aromatic rings. The van der Waals surface area contributed by atoms with Gasteiger partial charge in [0.05, 0.1) is 13.7 Å². The van der Waals surface area contributed by atoms with Crippen LogP contribution >= 0.6 is 0 Å². The minimum atomic E-state index is -1.52. The molecule has 0 aromatic carbocycles. The largest absolute Gasteiger partial charge is 0.467 e. The van der Waals surface area contributed by atoms with Gasteiger partial charge in [0.25, 0.3) is 0 Å². The van der Waals surface area contributed by atoms with Crippen LogP contribution in [0, 0.1) is 11.5 Å². The summed E-state index contributed by atoms with van der Waals surface area (Å²) in [6.45, 7) is 12.0. The zero-order valence-corrected chi connectivity index (χ0v) is 15.4. The molecule has 0 aromatic heterocycles. The Kier molecular flexibility index (Phi) is 5.47. The van der Waals surface area contributed by atoms with Crippen LogP contribution in [0.25, 0.3) is 0 Å². The van der Waals surface area contributed by atoms with Gasteiger partial charge < -0.3 is 9.47 Å². The number of amides is 1. The Balaban J connectivity index is 2.98. The molecule has 22 heavy (non-hydrogen) atoms. The second-order valence-electron chi connectivity index (χ2n) is 7.27. The Hall–Kier alpha value is -1.74. The average Bonchev–Trinajstić information content (AvgIpc) is 2.77. The fourth-order valence-electron chi connectivity index (χ4n) is 1.78. The van der Waals surface area contributed by atoms with Crippen molar-refractivity contribution in [2.45, 2.75) is 52.1 Å². The first-order valence-corrected chi connectivity index (χ1v) is 10.7. The van der Waals surface area contributed by atoms with Crippen molar-refractivity contribution in [3.8, 4) is 11.5 Å². The van der Waals surface area contributed by atoms with E-state index in [-0.39, 0.29) is 6.54 Å². The smallest absolute Gasteiger partial charge is 0.411 e. The third kappa shape index (κ3) is 5.56. The lowest BCUT2D eigenvalue weighted by Crippen LogP contribution is -2.44. The topological polar surface area (TPSA) is 55.8 Å². The van der Waals surface area contributed by atoms with Crippen molar-refractivity contribution in [1.29, 1.82) is 0 Å². The molecule has 1 atom stereocenters. The Morgan fingerprint density at radius 2 is 1.91 bits per heavy atom. The van der Waals surface area contributed by atoms with Gasteiger partial charge >= 0.3 is 12.1 Å². The maximum Gasteiger partial charge on any atom is 0.411 e. The molecule has 1 heterocycles. The van der Waals surface area contributed by atoms with Crippen LogP contribution in [0.2, 0.25) is 19.6 Å². The van der Waals surface area contributed by atoms with Crippen molar-refractivity contribution in [3.05, 3.63) is 11.6 Å². The Bertz CT molecular complexity index is 543. The molecule has 1 unspecified atom stereocenters. The molecule has 1 rings (SSSR count). The summed E-state index contributed by atoms with van der Waals surface area (Å²) in [5.41, 5.74) is 3.37. The van der Waals surface area contributed by atoms with E-state index < -0.39 is 31.8 Å². The van der Waals surface area contributed by atoms with Crippen LogP contribution in [0.5, 0.6) is 0 Å². The molecule has 0 saturated carbocycles. The lowest BCUT2D eigenvalue weighted by molar-refractivity contribution is -0.144. The number of carbonyl (C=O) groups excluding carboxylic acids is 2. The number of hydrogen-bond donors (Lipinski definition) is 0. The molecule has 1 aliphatic heterocycles. The number of ether oxygens (including phenoxy) is 2. The number of hydrogen-bond acceptors (Lipinski definition) is 4. The van der Waals surface area contributed by atoms with Crippen molar-refractivity contribution in [1.82, 2.24) is 4.90 Å². The maximum absolute atomic E-state index is 12.3. The summed E-state index contributed by atoms with van der Waals surface area (Å²) in [7, 11) is -0.222. The second kappa shape index (κ2) is 6.57. The van der Waals surface area contributed by atoms with Gasteiger partial charge in [-0.3, -0.25) is 4.90 Å². The Morgan fingerprint density at radius 1 is 1.32 bits per heavy atom. The molecule has 6 heteroatoms. The fourth-order valence-corrected chi connectivity index (χ4v) is 2.31. The van der Waals surface area contributed by atoms with E-state index in [9.17, 15) is 9.59 Å². The highest BCUT2D eigenvalue weighted by Crippen LogP contribution is 2.21. The van der Waals surface area contributed by atoms with E-state index in [1.54, 1.807) is 26.8 Å². The molecule has 1 aliphatic rings. The third-order valence-electron chi connectivity index (χ3n) is 2.70. The third-order valence-corrected chi connectivity index (χ3v) is 3.58. The van der Waals surface area contributed by atoms with E-state index in [2.05, 4.69) is 31.1 Å². The molecule has 0 saturated heterocycles. The van der Waals surface area contributed by atoms with Gasteiger partial charge in [-0.2, -0.15) is 0 Å². The summed E-state index contributed by atoms with van der Waals surface area (Å²) in [5, 5.41) is 0. The van der Waals surface area contributed by atoms with Crippen LogP contribution in [0.1, 0.15) is 20.8 Å². The highest BCUT2D eigenvalue weighted by atomic mass is 28.3. The summed E-state index contributed by atoms with van der Waals surface area (Å²) in [6.07, 6.45) is 1.15.